The number of aryl methyl sites for hydroxylation is 6. The Morgan fingerprint density at radius 2 is 0.599 bits per heavy atom. The smallest absolute Gasteiger partial charge is 0.256 e. The summed E-state index contributed by atoms with van der Waals surface area (Å²) < 4.78 is 23.3. The van der Waals surface area contributed by atoms with Gasteiger partial charge in [-0.25, -0.2) is 0 Å². The van der Waals surface area contributed by atoms with Crippen molar-refractivity contribution in [3.05, 3.63) is 433 Å². The number of hydrogen-bond acceptors (Lipinski definition) is 11. The fraction of sp³-hybridized carbons (Fsp3) is 0.109. The van der Waals surface area contributed by atoms with Crippen molar-refractivity contribution in [3.8, 4) is 11.5 Å². The molecule has 142 heavy (non-hydrogen) atoms. The number of nitrogens with zero attached hydrogens (tertiary/aromatic N) is 7. The summed E-state index contributed by atoms with van der Waals surface area (Å²) in [4.78, 5) is 17.7. The molecule has 19 aromatic carbocycles. The molecule has 6 aliphatic heterocycles. The molecule has 0 aliphatic carbocycles. The maximum Gasteiger partial charge on any atom is 0.256 e. The Morgan fingerprint density at radius 1 is 0.254 bits per heavy atom. The van der Waals surface area contributed by atoms with Crippen molar-refractivity contribution in [2.75, 3.05) is 39.6 Å². The van der Waals surface area contributed by atoms with Crippen LogP contribution in [0.4, 0.5) is 131 Å². The topological polar surface area (TPSA) is 70.2 Å². The molecule has 6 aliphatic rings. The summed E-state index contributed by atoms with van der Waals surface area (Å²) in [5.41, 5.74) is 46.4. The summed E-state index contributed by atoms with van der Waals surface area (Å²) >= 11 is 0. The molecule has 0 bridgehead atoms. The van der Waals surface area contributed by atoms with Gasteiger partial charge in [0.2, 0.25) is 0 Å². The Hall–Kier alpha value is -16.8. The molecule has 0 saturated carbocycles. The minimum absolute atomic E-state index is 0.239. The zero-order valence-electron chi connectivity index (χ0n) is 81.5. The zero-order valence-corrected chi connectivity index (χ0v) is 81.5. The molecule has 0 unspecified atom stereocenters. The number of fused-ring (bicyclic) bond motifs is 20. The highest BCUT2D eigenvalue weighted by Gasteiger charge is 2.52. The first-order valence-corrected chi connectivity index (χ1v) is 49.7. The van der Waals surface area contributed by atoms with Crippen LogP contribution in [0.25, 0.3) is 43.9 Å². The van der Waals surface area contributed by atoms with E-state index in [1.807, 2.05) is 0 Å². The highest BCUT2D eigenvalue weighted by Crippen LogP contribution is 2.57. The van der Waals surface area contributed by atoms with Crippen molar-refractivity contribution in [1.29, 1.82) is 0 Å². The predicted octanol–water partition coefficient (Wildman–Crippen LogP) is 29.2. The number of rotatable bonds is 13. The maximum atomic E-state index is 8.43. The summed E-state index contributed by atoms with van der Waals surface area (Å²) in [5.74, 6) is 1.54. The molecule has 0 radical (unpaired) electrons. The second-order valence-electron chi connectivity index (χ2n) is 41.5. The Bertz CT molecular complexity index is 8650. The third-order valence-electron chi connectivity index (χ3n) is 30.4. The predicted molar refractivity (Wildman–Crippen MR) is 600 cm³/mol. The first kappa shape index (κ1) is 84.5. The van der Waals surface area contributed by atoms with Crippen LogP contribution in [0.3, 0.4) is 0 Å². The molecule has 11 nitrogen and oxygen atoms in total. The minimum Gasteiger partial charge on any atom is -0.458 e. The van der Waals surface area contributed by atoms with Crippen LogP contribution in [0.1, 0.15) is 86.1 Å². The van der Waals surface area contributed by atoms with E-state index in [-0.39, 0.29) is 17.5 Å². The fourth-order valence-electron chi connectivity index (χ4n) is 24.9. The van der Waals surface area contributed by atoms with Crippen LogP contribution in [0.2, 0.25) is 0 Å². The van der Waals surface area contributed by atoms with Gasteiger partial charge in [-0.2, -0.15) is 0 Å². The minimum atomic E-state index is -0.476. The molecule has 14 heteroatoms. The molecule has 0 spiro atoms. The molecule has 0 amide bonds. The lowest BCUT2D eigenvalue weighted by Crippen LogP contribution is -2.65. The van der Waals surface area contributed by atoms with Gasteiger partial charge in [0.05, 0.1) is 50.6 Å². The van der Waals surface area contributed by atoms with Crippen LogP contribution in [0.5, 0.6) is 11.5 Å². The first-order chi connectivity index (χ1) is 69.2. The van der Waals surface area contributed by atoms with Gasteiger partial charge in [-0.1, -0.05) is 283 Å². The van der Waals surface area contributed by atoms with E-state index in [0.717, 1.165) is 252 Å². The zero-order chi connectivity index (χ0) is 95.7. The molecule has 0 fully saturated rings. The summed E-state index contributed by atoms with van der Waals surface area (Å²) in [6, 6.07) is 145. The molecule has 0 atom stereocenters. The van der Waals surface area contributed by atoms with Gasteiger partial charge in [0.15, 0.2) is 0 Å². The third kappa shape index (κ3) is 12.9. The highest BCUT2D eigenvalue weighted by molar-refractivity contribution is 7.04. The number of hydrogen-bond donors (Lipinski definition) is 1. The third-order valence-corrected chi connectivity index (χ3v) is 30.4. The molecule has 2 aromatic heterocycles. The Balaban J connectivity index is 0.790. The van der Waals surface area contributed by atoms with Crippen molar-refractivity contribution >= 4 is 244 Å². The average Bonchev–Trinajstić information content (AvgIpc) is 1.06. The highest BCUT2D eigenvalue weighted by atomic mass is 16.5. The Kier molecular flexibility index (Phi) is 18.9. The van der Waals surface area contributed by atoms with Gasteiger partial charge in [-0.3, -0.25) is 0 Å². The number of furan rings is 2. The number of para-hydroxylation sites is 10. The van der Waals surface area contributed by atoms with Crippen LogP contribution in [-0.4, -0.2) is 20.1 Å². The van der Waals surface area contributed by atoms with E-state index < -0.39 is 13.4 Å². The summed E-state index contributed by atoms with van der Waals surface area (Å²) in [6.07, 6.45) is 0. The molecule has 680 valence electrons. The van der Waals surface area contributed by atoms with Gasteiger partial charge < -0.3 is 53.2 Å². The van der Waals surface area contributed by atoms with Crippen LogP contribution < -0.4 is 93.5 Å². The summed E-state index contributed by atoms with van der Waals surface area (Å²) in [5, 5.41) is 8.72. The van der Waals surface area contributed by atoms with Gasteiger partial charge in [-0.05, 0) is 269 Å². The quantitative estimate of drug-likeness (QED) is 0.112. The molecular weight excluding hydrogens is 1730 g/mol. The fourth-order valence-corrected chi connectivity index (χ4v) is 24.9. The van der Waals surface area contributed by atoms with Crippen molar-refractivity contribution in [1.82, 2.24) is 0 Å². The van der Waals surface area contributed by atoms with Crippen molar-refractivity contribution in [3.63, 3.8) is 0 Å². The van der Waals surface area contributed by atoms with Crippen LogP contribution in [0, 0.1) is 41.5 Å². The normalized spacial score (nSPS) is 13.4. The molecule has 8 heterocycles. The van der Waals surface area contributed by atoms with Crippen LogP contribution in [-0.2, 0) is 10.8 Å². The molecule has 21 aromatic rings. The van der Waals surface area contributed by atoms with E-state index in [2.05, 4.69) is 511 Å². The lowest BCUT2D eigenvalue weighted by molar-refractivity contribution is 0.488. The van der Waals surface area contributed by atoms with Gasteiger partial charge >= 0.3 is 0 Å². The standard InChI is InChI=1S/C128H101B3N8O3/c1-77-63-79(3)121(80(4)64-77)138-106-75-104-100(129-98-59-61-112-116(94-55-37-57-96(125(94)141-112)127(7,8)9)123(98)136(89-51-33-19-34-52-89)108-68-91(67-105(132-104)118(108)129)133(83-39-21-13-22-40-83)84-41-23-14-24-42-84)73-101(106)131-103-74-102-107(76-114(103)140-115-72-93(71-111(138)120(115)131)135(87-47-29-17-30-48-87)88-49-31-18-32-50-88)139(122-81(5)65-78(2)66-82(122)6)110-70-92(134(85-43-25-15-26-44-85)86-45-27-16-28-46-86)69-109-119(110)130(102)99-60-62-113-117(124(99)137(109)90-53-35-20-36-54-90)95-56-38-58-97(126(95)142-113)128(10,11)12/h13-76,132H,1-12H3. The van der Waals surface area contributed by atoms with E-state index in [9.17, 15) is 0 Å². The number of benzene rings is 19. The van der Waals surface area contributed by atoms with E-state index in [4.69, 9.17) is 13.6 Å². The lowest BCUT2D eigenvalue weighted by Gasteiger charge is -2.47. The summed E-state index contributed by atoms with van der Waals surface area (Å²) in [6.45, 7) is 26.3. The van der Waals surface area contributed by atoms with Gasteiger partial charge in [0, 0.05) is 125 Å². The summed E-state index contributed by atoms with van der Waals surface area (Å²) in [7, 11) is 0. The molecule has 1 N–H and O–H groups in total. The number of anilines is 23. The van der Waals surface area contributed by atoms with Gasteiger partial charge in [0.1, 0.15) is 33.8 Å². The second kappa shape index (κ2) is 31.9. The van der Waals surface area contributed by atoms with E-state index in [1.165, 1.54) is 27.5 Å². The van der Waals surface area contributed by atoms with Gasteiger partial charge in [-0.15, -0.1) is 0 Å². The maximum absolute atomic E-state index is 8.43. The van der Waals surface area contributed by atoms with E-state index >= 15 is 0 Å². The van der Waals surface area contributed by atoms with Gasteiger partial charge in [0.25, 0.3) is 20.1 Å². The van der Waals surface area contributed by atoms with E-state index in [0.29, 0.717) is 0 Å². The van der Waals surface area contributed by atoms with Crippen molar-refractivity contribution < 1.29 is 13.6 Å². The molecule has 27 rings (SSSR count). The van der Waals surface area contributed by atoms with Crippen molar-refractivity contribution in [2.45, 2.75) is 93.9 Å². The number of ether oxygens (including phenoxy) is 1. The SMILES string of the molecule is Cc1cc(C)c(N2c3cc4c(cc3B3c5cc6c(cc5Oc5cc(N(c7ccccc7)c7ccccc7)cc2c53)N(c2c(C)cc(C)cc2C)c2cc(N(c3ccccc3)c3ccccc3)cc3c2B6c2ccc5oc6c(C(C)(C)C)cccc6c5c2N3c2ccccc2)B2c3ccc5oc6c(C(C)(C)C)cccc6c5c3N(c3ccccc3)c3cc(N(c5ccccc5)c5ccccc5)cc(c32)N4)c(C)c1. The Labute approximate surface area is 829 Å². The monoisotopic (exact) mass is 1830 g/mol. The average molecular weight is 1830 g/mol. The molecule has 0 saturated heterocycles. The first-order valence-electron chi connectivity index (χ1n) is 49.7. The second-order valence-corrected chi connectivity index (χ2v) is 41.5. The van der Waals surface area contributed by atoms with Crippen molar-refractivity contribution in [2.24, 2.45) is 0 Å². The largest absolute Gasteiger partial charge is 0.458 e. The molecular formula is C128H101B3N8O3. The number of nitrogens with one attached hydrogen (secondary N) is 1. The van der Waals surface area contributed by atoms with E-state index in [1.54, 1.807) is 0 Å². The van der Waals surface area contributed by atoms with Crippen LogP contribution >= 0.6 is 0 Å². The van der Waals surface area contributed by atoms with Crippen LogP contribution in [0.15, 0.2) is 397 Å². The lowest BCUT2D eigenvalue weighted by atomic mass is 9.29. The Morgan fingerprint density at radius 3 is 1.01 bits per heavy atom.